The summed E-state index contributed by atoms with van der Waals surface area (Å²) >= 11 is 0. The molecule has 0 aliphatic rings. The smallest absolute Gasteiger partial charge is 0.256 e. The highest BCUT2D eigenvalue weighted by molar-refractivity contribution is 6.12. The van der Waals surface area contributed by atoms with Crippen LogP contribution >= 0.6 is 0 Å². The molecule has 0 bridgehead atoms. The second-order valence-electron chi connectivity index (χ2n) is 4.20. The van der Waals surface area contributed by atoms with E-state index in [2.05, 4.69) is 15.3 Å². The van der Waals surface area contributed by atoms with Gasteiger partial charge in [0.2, 0.25) is 5.95 Å². The van der Waals surface area contributed by atoms with Crippen molar-refractivity contribution < 1.29 is 9.18 Å². The van der Waals surface area contributed by atoms with Gasteiger partial charge in [-0.3, -0.25) is 9.78 Å². The molecule has 0 aliphatic carbocycles. The van der Waals surface area contributed by atoms with Gasteiger partial charge in [0.25, 0.3) is 5.91 Å². The third-order valence-corrected chi connectivity index (χ3v) is 2.88. The van der Waals surface area contributed by atoms with Crippen LogP contribution in [0.2, 0.25) is 0 Å². The average Bonchev–Trinajstić information content (AvgIpc) is 2.49. The number of hydrogen-bond acceptors (Lipinski definition) is 3. The van der Waals surface area contributed by atoms with Gasteiger partial charge in [0.05, 0.1) is 17.4 Å². The van der Waals surface area contributed by atoms with Gasteiger partial charge in [0, 0.05) is 17.1 Å². The standard InChI is InChI=1S/C15H10FN3O/c16-14-7-6-10(9-18-14)19-15(20)12-3-1-5-13-11(12)4-2-8-17-13/h1-9H,(H,19,20). The molecule has 1 N–H and O–H groups in total. The van der Waals surface area contributed by atoms with E-state index >= 15 is 0 Å². The molecule has 2 heterocycles. The number of rotatable bonds is 2. The lowest BCUT2D eigenvalue weighted by Crippen LogP contribution is -2.12. The summed E-state index contributed by atoms with van der Waals surface area (Å²) in [5, 5.41) is 3.45. The molecule has 2 aromatic heterocycles. The number of benzene rings is 1. The fourth-order valence-electron chi connectivity index (χ4n) is 1.95. The van der Waals surface area contributed by atoms with Crippen molar-refractivity contribution in [2.75, 3.05) is 5.32 Å². The lowest BCUT2D eigenvalue weighted by Gasteiger charge is -2.07. The van der Waals surface area contributed by atoms with Crippen LogP contribution in [0.5, 0.6) is 0 Å². The monoisotopic (exact) mass is 267 g/mol. The Bertz CT molecular complexity index is 766. The van der Waals surface area contributed by atoms with Gasteiger partial charge in [-0.1, -0.05) is 12.1 Å². The summed E-state index contributed by atoms with van der Waals surface area (Å²) in [7, 11) is 0. The summed E-state index contributed by atoms with van der Waals surface area (Å²) in [5.74, 6) is -0.866. The van der Waals surface area contributed by atoms with Crippen LogP contribution in [-0.4, -0.2) is 15.9 Å². The average molecular weight is 267 g/mol. The summed E-state index contributed by atoms with van der Waals surface area (Å²) in [4.78, 5) is 19.9. The van der Waals surface area contributed by atoms with Crippen molar-refractivity contribution in [2.24, 2.45) is 0 Å². The molecule has 3 aromatic rings. The van der Waals surface area contributed by atoms with Crippen LogP contribution in [-0.2, 0) is 0 Å². The molecule has 0 radical (unpaired) electrons. The van der Waals surface area contributed by atoms with E-state index in [1.54, 1.807) is 24.4 Å². The van der Waals surface area contributed by atoms with Crippen LogP contribution in [0.3, 0.4) is 0 Å². The van der Waals surface area contributed by atoms with Gasteiger partial charge < -0.3 is 5.32 Å². The molecule has 0 aliphatic heterocycles. The number of halogens is 1. The fourth-order valence-corrected chi connectivity index (χ4v) is 1.95. The lowest BCUT2D eigenvalue weighted by molar-refractivity contribution is 0.102. The number of fused-ring (bicyclic) bond motifs is 1. The molecule has 5 heteroatoms. The first kappa shape index (κ1) is 12.2. The van der Waals surface area contributed by atoms with Crippen molar-refractivity contribution in [3.05, 3.63) is 66.4 Å². The third kappa shape index (κ3) is 2.33. The van der Waals surface area contributed by atoms with Crippen LogP contribution in [0.15, 0.2) is 54.9 Å². The Morgan fingerprint density at radius 1 is 1.05 bits per heavy atom. The van der Waals surface area contributed by atoms with E-state index in [1.807, 2.05) is 12.1 Å². The predicted molar refractivity (Wildman–Crippen MR) is 73.9 cm³/mol. The molecule has 4 nitrogen and oxygen atoms in total. The molecule has 0 spiro atoms. The highest BCUT2D eigenvalue weighted by atomic mass is 19.1. The molecule has 98 valence electrons. The Balaban J connectivity index is 1.94. The van der Waals surface area contributed by atoms with Crippen molar-refractivity contribution in [1.82, 2.24) is 9.97 Å². The van der Waals surface area contributed by atoms with Crippen LogP contribution in [0.4, 0.5) is 10.1 Å². The maximum Gasteiger partial charge on any atom is 0.256 e. The van der Waals surface area contributed by atoms with E-state index in [4.69, 9.17) is 0 Å². The van der Waals surface area contributed by atoms with Crippen molar-refractivity contribution in [1.29, 1.82) is 0 Å². The van der Waals surface area contributed by atoms with Gasteiger partial charge in [0.1, 0.15) is 0 Å². The summed E-state index contributed by atoms with van der Waals surface area (Å²) in [6, 6.07) is 11.6. The van der Waals surface area contributed by atoms with E-state index in [0.717, 1.165) is 10.9 Å². The minimum Gasteiger partial charge on any atom is -0.321 e. The van der Waals surface area contributed by atoms with Gasteiger partial charge in [-0.15, -0.1) is 0 Å². The number of nitrogens with one attached hydrogen (secondary N) is 1. The number of carbonyl (C=O) groups excluding carboxylic acids is 1. The maximum atomic E-state index is 12.7. The Hall–Kier alpha value is -2.82. The van der Waals surface area contributed by atoms with Crippen LogP contribution < -0.4 is 5.32 Å². The number of pyridine rings is 2. The van der Waals surface area contributed by atoms with Crippen LogP contribution in [0, 0.1) is 5.95 Å². The molecule has 0 atom stereocenters. The van der Waals surface area contributed by atoms with Gasteiger partial charge in [-0.25, -0.2) is 4.98 Å². The molecule has 0 saturated heterocycles. The van der Waals surface area contributed by atoms with Crippen LogP contribution in [0.1, 0.15) is 10.4 Å². The molecular formula is C15H10FN3O. The van der Waals surface area contributed by atoms with Gasteiger partial charge in [-0.05, 0) is 30.3 Å². The zero-order valence-corrected chi connectivity index (χ0v) is 10.4. The second-order valence-corrected chi connectivity index (χ2v) is 4.20. The second kappa shape index (κ2) is 5.05. The minimum atomic E-state index is -0.586. The molecule has 1 aromatic carbocycles. The van der Waals surface area contributed by atoms with E-state index in [-0.39, 0.29) is 5.91 Å². The van der Waals surface area contributed by atoms with E-state index in [0.29, 0.717) is 11.3 Å². The zero-order chi connectivity index (χ0) is 13.9. The number of carbonyl (C=O) groups is 1. The van der Waals surface area contributed by atoms with Crippen molar-refractivity contribution >= 4 is 22.5 Å². The molecule has 0 fully saturated rings. The number of amides is 1. The van der Waals surface area contributed by atoms with Crippen LogP contribution in [0.25, 0.3) is 10.9 Å². The number of nitrogens with zero attached hydrogens (tertiary/aromatic N) is 2. The summed E-state index contributed by atoms with van der Waals surface area (Å²) in [5.41, 5.74) is 1.70. The molecular weight excluding hydrogens is 257 g/mol. The van der Waals surface area contributed by atoms with Gasteiger partial charge in [-0.2, -0.15) is 4.39 Å². The number of hydrogen-bond donors (Lipinski definition) is 1. The zero-order valence-electron chi connectivity index (χ0n) is 10.4. The highest BCUT2D eigenvalue weighted by Gasteiger charge is 2.10. The number of anilines is 1. The summed E-state index contributed by atoms with van der Waals surface area (Å²) in [6.45, 7) is 0. The van der Waals surface area contributed by atoms with Crippen molar-refractivity contribution in [3.63, 3.8) is 0 Å². The third-order valence-electron chi connectivity index (χ3n) is 2.88. The topological polar surface area (TPSA) is 54.9 Å². The van der Waals surface area contributed by atoms with Gasteiger partial charge >= 0.3 is 0 Å². The van der Waals surface area contributed by atoms with Crippen molar-refractivity contribution in [3.8, 4) is 0 Å². The molecule has 20 heavy (non-hydrogen) atoms. The molecule has 0 unspecified atom stereocenters. The molecule has 0 saturated carbocycles. The first-order valence-corrected chi connectivity index (χ1v) is 6.01. The normalized spacial score (nSPS) is 10.4. The van der Waals surface area contributed by atoms with E-state index < -0.39 is 5.95 Å². The maximum absolute atomic E-state index is 12.7. The quantitative estimate of drug-likeness (QED) is 0.726. The summed E-state index contributed by atoms with van der Waals surface area (Å²) in [6.07, 6.45) is 2.95. The van der Waals surface area contributed by atoms with E-state index in [9.17, 15) is 9.18 Å². The first-order chi connectivity index (χ1) is 9.74. The SMILES string of the molecule is O=C(Nc1ccc(F)nc1)c1cccc2ncccc12. The Labute approximate surface area is 114 Å². The lowest BCUT2D eigenvalue weighted by atomic mass is 10.1. The minimum absolute atomic E-state index is 0.281. The highest BCUT2D eigenvalue weighted by Crippen LogP contribution is 2.18. The molecule has 3 rings (SSSR count). The first-order valence-electron chi connectivity index (χ1n) is 6.01. The Kier molecular flexibility index (Phi) is 3.09. The van der Waals surface area contributed by atoms with Gasteiger partial charge in [0.15, 0.2) is 0 Å². The largest absolute Gasteiger partial charge is 0.321 e. The summed E-state index contributed by atoms with van der Waals surface area (Å²) < 4.78 is 12.7. The Morgan fingerprint density at radius 2 is 1.95 bits per heavy atom. The predicted octanol–water partition coefficient (Wildman–Crippen LogP) is 3.02. The number of aromatic nitrogens is 2. The fraction of sp³-hybridized carbons (Fsp3) is 0. The van der Waals surface area contributed by atoms with Crippen molar-refractivity contribution in [2.45, 2.75) is 0 Å². The molecule has 1 amide bonds. The Morgan fingerprint density at radius 3 is 2.75 bits per heavy atom. The van der Waals surface area contributed by atoms with E-state index in [1.165, 1.54) is 18.3 Å².